The lowest BCUT2D eigenvalue weighted by atomic mass is 9.78. The molecule has 2 aromatic carbocycles. The molecule has 0 saturated carbocycles. The number of ether oxygens (including phenoxy) is 2. The highest BCUT2D eigenvalue weighted by atomic mass is 16.7. The summed E-state index contributed by atoms with van der Waals surface area (Å²) in [6, 6.07) is 18.3. The molecule has 2 fully saturated rings. The number of imidazole rings is 1. The van der Waals surface area contributed by atoms with E-state index in [2.05, 4.69) is 96.5 Å². The lowest BCUT2D eigenvalue weighted by Crippen LogP contribution is -2.41. The highest BCUT2D eigenvalue weighted by molar-refractivity contribution is 6.62. The minimum Gasteiger partial charge on any atom is -0.462 e. The molecule has 2 atom stereocenters. The Kier molecular flexibility index (Phi) is 9.67. The average Bonchev–Trinajstić information content (AvgIpc) is 3.97. The number of hydrogen-bond acceptors (Lipinski definition) is 8. The van der Waals surface area contributed by atoms with E-state index in [1.54, 1.807) is 11.1 Å². The van der Waals surface area contributed by atoms with E-state index in [1.165, 1.54) is 13.5 Å². The number of H-pyrrole nitrogens is 1. The van der Waals surface area contributed by atoms with Crippen molar-refractivity contribution < 1.29 is 32.8 Å². The number of likely N-dealkylation sites (tertiary alicyclic amines) is 1. The number of aromatic nitrogens is 3. The van der Waals surface area contributed by atoms with Gasteiger partial charge in [0.15, 0.2) is 5.76 Å². The number of furan rings is 1. The first-order valence-electron chi connectivity index (χ1n) is 18.4. The first-order chi connectivity index (χ1) is 25.3. The first kappa shape index (κ1) is 36.4. The third-order valence-corrected chi connectivity index (χ3v) is 10.5. The number of amides is 2. The molecular formula is C40H48BN5O7. The second kappa shape index (κ2) is 14.1. The molecule has 12 nitrogen and oxygen atoms in total. The quantitative estimate of drug-likeness (QED) is 0.175. The van der Waals surface area contributed by atoms with Crippen molar-refractivity contribution in [3.05, 3.63) is 78.1 Å². The van der Waals surface area contributed by atoms with Gasteiger partial charge in [0.1, 0.15) is 23.9 Å². The van der Waals surface area contributed by atoms with Crippen LogP contribution in [-0.4, -0.2) is 70.0 Å². The molecule has 3 aromatic heterocycles. The molecule has 3 aliphatic heterocycles. The molecule has 0 spiro atoms. The van der Waals surface area contributed by atoms with Gasteiger partial charge in [-0.15, -0.1) is 0 Å². The first-order valence-corrected chi connectivity index (χ1v) is 18.4. The largest absolute Gasteiger partial charge is 0.494 e. The fourth-order valence-electron chi connectivity index (χ4n) is 7.11. The molecule has 0 aliphatic carbocycles. The van der Waals surface area contributed by atoms with E-state index in [0.29, 0.717) is 23.9 Å². The Morgan fingerprint density at radius 2 is 1.79 bits per heavy atom. The predicted octanol–water partition coefficient (Wildman–Crippen LogP) is 7.27. The van der Waals surface area contributed by atoms with Crippen LogP contribution < -0.4 is 15.5 Å². The topological polar surface area (TPSA) is 133 Å². The van der Waals surface area contributed by atoms with E-state index in [4.69, 9.17) is 18.5 Å². The van der Waals surface area contributed by atoms with Crippen molar-refractivity contribution in [3.63, 3.8) is 0 Å². The molecule has 13 heteroatoms. The van der Waals surface area contributed by atoms with Crippen LogP contribution in [0.3, 0.4) is 0 Å². The summed E-state index contributed by atoms with van der Waals surface area (Å²) in [4.78, 5) is 34.3. The molecule has 8 rings (SSSR count). The van der Waals surface area contributed by atoms with Crippen LogP contribution in [0.2, 0.25) is 0 Å². The normalized spacial score (nSPS) is 19.6. The maximum Gasteiger partial charge on any atom is 0.494 e. The van der Waals surface area contributed by atoms with Gasteiger partial charge in [0, 0.05) is 23.1 Å². The van der Waals surface area contributed by atoms with Crippen LogP contribution in [0.5, 0.6) is 5.75 Å². The molecule has 2 N–H and O–H groups in total. The van der Waals surface area contributed by atoms with Gasteiger partial charge in [-0.25, -0.2) is 9.78 Å². The molecule has 0 bridgehead atoms. The molecule has 6 heterocycles. The summed E-state index contributed by atoms with van der Waals surface area (Å²) in [5.41, 5.74) is 4.74. The second-order valence-corrected chi connectivity index (χ2v) is 14.9. The molecule has 2 saturated heterocycles. The number of hydrogen-bond donors (Lipinski definition) is 2. The number of alkyl carbamates (subject to hydrolysis) is 1. The Balaban J connectivity index is 0.00000140. The van der Waals surface area contributed by atoms with Gasteiger partial charge in [-0.3, -0.25) is 9.36 Å². The monoisotopic (exact) mass is 721 g/mol. The molecule has 5 aromatic rings. The van der Waals surface area contributed by atoms with E-state index in [1.807, 2.05) is 31.2 Å². The molecule has 2 amide bonds. The standard InChI is InChI=1S/C37H40BN5O7.C3H8/c1-21-9-14-30(47-21)34-43-27-13-11-24(38-49-36(2,3)37(4,5)50-38)16-23(27)17-29(43)25-12-10-22(18-31(25)48-34)26-19-39-33(41-26)28-8-7-15-42(28)32(44)20-40-35(45)46-6;1-3-2/h9-14,16-19,28,34H,7-8,15,20H2,1-6H3,(H,39,41)(H,40,45);3H2,1-2H3. The van der Waals surface area contributed by atoms with Crippen molar-refractivity contribution in [2.24, 2.45) is 0 Å². The maximum absolute atomic E-state index is 12.9. The molecule has 3 aliphatic rings. The minimum atomic E-state index is -0.639. The average molecular weight is 722 g/mol. The van der Waals surface area contributed by atoms with Crippen LogP contribution in [-0.2, 0) is 18.8 Å². The molecule has 53 heavy (non-hydrogen) atoms. The number of carbonyl (C=O) groups excluding carboxylic acids is 2. The van der Waals surface area contributed by atoms with Crippen molar-refractivity contribution in [2.75, 3.05) is 20.2 Å². The summed E-state index contributed by atoms with van der Waals surface area (Å²) in [6.45, 7) is 14.9. The SMILES string of the molecule is CCC.COC(=O)NCC(=O)N1CCCC1c1ncc(-c2ccc3c(c2)OC(c2ccc(C)o2)n2c-3cc3cc(B4OC(C)(C)C(C)(C)O4)ccc32)[nH]1. The minimum absolute atomic E-state index is 0.133. The summed E-state index contributed by atoms with van der Waals surface area (Å²) < 4.78 is 32.4. The number of aromatic amines is 1. The van der Waals surface area contributed by atoms with Crippen LogP contribution in [0.15, 0.2) is 65.2 Å². The highest BCUT2D eigenvalue weighted by Gasteiger charge is 2.51. The van der Waals surface area contributed by atoms with Crippen molar-refractivity contribution >= 4 is 35.5 Å². The smallest absolute Gasteiger partial charge is 0.462 e. The number of fused-ring (bicyclic) bond motifs is 5. The van der Waals surface area contributed by atoms with E-state index < -0.39 is 30.6 Å². The third kappa shape index (κ3) is 6.72. The van der Waals surface area contributed by atoms with Crippen LogP contribution in [0.25, 0.3) is 33.4 Å². The van der Waals surface area contributed by atoms with E-state index in [9.17, 15) is 9.59 Å². The van der Waals surface area contributed by atoms with E-state index in [-0.39, 0.29) is 18.5 Å². The van der Waals surface area contributed by atoms with E-state index >= 15 is 0 Å². The zero-order valence-corrected chi connectivity index (χ0v) is 31.7. The molecule has 0 radical (unpaired) electrons. The Bertz CT molecular complexity index is 2130. The van der Waals surface area contributed by atoms with E-state index in [0.717, 1.165) is 57.5 Å². The third-order valence-electron chi connectivity index (χ3n) is 10.5. The van der Waals surface area contributed by atoms with Crippen molar-refractivity contribution in [1.29, 1.82) is 0 Å². The van der Waals surface area contributed by atoms with Crippen molar-refractivity contribution in [3.8, 4) is 28.3 Å². The van der Waals surface area contributed by atoms with Gasteiger partial charge in [-0.1, -0.05) is 38.5 Å². The van der Waals surface area contributed by atoms with Crippen molar-refractivity contribution in [2.45, 2.75) is 91.2 Å². The van der Waals surface area contributed by atoms with Gasteiger partial charge in [0.05, 0.1) is 47.5 Å². The summed E-state index contributed by atoms with van der Waals surface area (Å²) in [5.74, 6) is 2.73. The van der Waals surface area contributed by atoms with Gasteiger partial charge in [0.25, 0.3) is 0 Å². The van der Waals surface area contributed by atoms with Crippen LogP contribution in [0.1, 0.15) is 90.4 Å². The summed E-state index contributed by atoms with van der Waals surface area (Å²) in [6.07, 6.45) is 3.48. The van der Waals surface area contributed by atoms with Gasteiger partial charge in [-0.2, -0.15) is 0 Å². The highest BCUT2D eigenvalue weighted by Crippen LogP contribution is 2.46. The number of benzene rings is 2. The number of nitrogens with zero attached hydrogens (tertiary/aromatic N) is 3. The van der Waals surface area contributed by atoms with Gasteiger partial charge in [0.2, 0.25) is 12.1 Å². The molecule has 2 unspecified atom stereocenters. The maximum atomic E-state index is 12.9. The fourth-order valence-corrected chi connectivity index (χ4v) is 7.11. The number of carbonyl (C=O) groups is 2. The number of nitrogens with one attached hydrogen (secondary N) is 2. The van der Waals surface area contributed by atoms with Gasteiger partial charge in [-0.05, 0) is 89.3 Å². The molecule has 278 valence electrons. The Morgan fingerprint density at radius 1 is 1.04 bits per heavy atom. The Labute approximate surface area is 310 Å². The second-order valence-electron chi connectivity index (χ2n) is 14.9. The van der Waals surface area contributed by atoms with Gasteiger partial charge < -0.3 is 38.4 Å². The zero-order valence-electron chi connectivity index (χ0n) is 31.7. The Morgan fingerprint density at radius 3 is 2.49 bits per heavy atom. The lowest BCUT2D eigenvalue weighted by molar-refractivity contribution is -0.131. The summed E-state index contributed by atoms with van der Waals surface area (Å²) in [7, 11) is 0.798. The summed E-state index contributed by atoms with van der Waals surface area (Å²) in [5, 5.41) is 3.52. The predicted molar refractivity (Wildman–Crippen MR) is 203 cm³/mol. The number of rotatable bonds is 6. The van der Waals surface area contributed by atoms with Crippen LogP contribution in [0.4, 0.5) is 4.79 Å². The molecular weight excluding hydrogens is 673 g/mol. The Hall–Kier alpha value is -5.01. The zero-order chi connectivity index (χ0) is 37.7. The van der Waals surface area contributed by atoms with Crippen LogP contribution in [0, 0.1) is 6.92 Å². The lowest BCUT2D eigenvalue weighted by Gasteiger charge is -2.32. The van der Waals surface area contributed by atoms with Crippen LogP contribution >= 0.6 is 0 Å². The summed E-state index contributed by atoms with van der Waals surface area (Å²) >= 11 is 0. The number of aryl methyl sites for hydroxylation is 1. The van der Waals surface area contributed by atoms with Crippen molar-refractivity contribution in [1.82, 2.24) is 24.8 Å². The fraction of sp³-hybridized carbons (Fsp3) is 0.425. The van der Waals surface area contributed by atoms with Gasteiger partial charge >= 0.3 is 13.2 Å². The number of methoxy groups -OCH3 is 1.